The van der Waals surface area contributed by atoms with Crippen LogP contribution < -0.4 is 10.2 Å². The smallest absolute Gasteiger partial charge is 0.216 e. The predicted octanol–water partition coefficient (Wildman–Crippen LogP) is 5.54. The molecule has 0 bridgehead atoms. The van der Waals surface area contributed by atoms with Gasteiger partial charge in [-0.1, -0.05) is 50.2 Å². The molecule has 6 nitrogen and oxygen atoms in total. The Hall–Kier alpha value is -2.95. The van der Waals surface area contributed by atoms with Crippen LogP contribution in [-0.4, -0.2) is 40.8 Å². The Kier molecular flexibility index (Phi) is 4.78. The first kappa shape index (κ1) is 21.6. The summed E-state index contributed by atoms with van der Waals surface area (Å²) in [6.07, 6.45) is 4.00. The molecular weight excluding hydrogens is 441 g/mol. The van der Waals surface area contributed by atoms with E-state index < -0.39 is 7.29 Å². The molecule has 0 N–H and O–H groups in total. The first-order valence-corrected chi connectivity index (χ1v) is 13.6. The second kappa shape index (κ2) is 7.53. The topological polar surface area (TPSA) is 53.7 Å². The summed E-state index contributed by atoms with van der Waals surface area (Å²) in [4.78, 5) is 7.16. The van der Waals surface area contributed by atoms with E-state index in [1.54, 1.807) is 0 Å². The molecule has 1 aromatic heterocycles. The molecule has 3 aliphatic rings. The van der Waals surface area contributed by atoms with E-state index in [-0.39, 0.29) is 5.41 Å². The van der Waals surface area contributed by atoms with E-state index in [4.69, 9.17) is 10.1 Å². The molecule has 3 aliphatic heterocycles. The van der Waals surface area contributed by atoms with Crippen LogP contribution in [0, 0.1) is 6.92 Å². The third kappa shape index (κ3) is 2.82. The summed E-state index contributed by atoms with van der Waals surface area (Å²) in [5.74, 6) is 0.694. The van der Waals surface area contributed by atoms with Crippen LogP contribution in [0.15, 0.2) is 70.6 Å². The number of nitrogens with zero attached hydrogens (tertiary/aromatic N) is 5. The van der Waals surface area contributed by atoms with Gasteiger partial charge in [0.1, 0.15) is 0 Å². The maximum Gasteiger partial charge on any atom is 0.216 e. The van der Waals surface area contributed by atoms with E-state index >= 15 is 4.57 Å². The molecular formula is C27H30N5OP. The molecule has 0 saturated carbocycles. The summed E-state index contributed by atoms with van der Waals surface area (Å²) in [6.45, 7) is 8.09. The highest BCUT2D eigenvalue weighted by Gasteiger charge is 2.50. The Morgan fingerprint density at radius 3 is 2.35 bits per heavy atom. The van der Waals surface area contributed by atoms with Gasteiger partial charge in [0.2, 0.25) is 7.29 Å². The molecule has 1 atom stereocenters. The van der Waals surface area contributed by atoms with Gasteiger partial charge in [0.15, 0.2) is 5.82 Å². The second-order valence-corrected chi connectivity index (χ2v) is 12.6. The van der Waals surface area contributed by atoms with Crippen LogP contribution in [0.1, 0.15) is 37.9 Å². The molecule has 0 aliphatic carbocycles. The van der Waals surface area contributed by atoms with Crippen molar-refractivity contribution in [1.82, 2.24) is 14.5 Å². The van der Waals surface area contributed by atoms with Crippen molar-refractivity contribution >= 4 is 30.3 Å². The fourth-order valence-corrected chi connectivity index (χ4v) is 9.49. The highest BCUT2D eigenvalue weighted by atomic mass is 31.2. The Balaban J connectivity index is 1.64. The lowest BCUT2D eigenvalue weighted by atomic mass is 9.84. The molecule has 4 heterocycles. The zero-order chi connectivity index (χ0) is 23.7. The maximum absolute atomic E-state index is 15.5. The summed E-state index contributed by atoms with van der Waals surface area (Å²) < 4.78 is 19.6. The highest BCUT2D eigenvalue weighted by molar-refractivity contribution is 7.75. The maximum atomic E-state index is 15.5. The number of fused-ring (bicyclic) bond motifs is 2. The molecule has 0 amide bonds. The van der Waals surface area contributed by atoms with Crippen molar-refractivity contribution in [2.75, 3.05) is 25.0 Å². The third-order valence-electron chi connectivity index (χ3n) is 7.53. The van der Waals surface area contributed by atoms with Gasteiger partial charge in [-0.3, -0.25) is 4.57 Å². The average molecular weight is 472 g/mol. The third-order valence-corrected chi connectivity index (χ3v) is 10.8. The summed E-state index contributed by atoms with van der Waals surface area (Å²) in [5.41, 5.74) is 4.93. The number of hydrogen-bond acceptors (Lipinski definition) is 4. The minimum atomic E-state index is -3.15. The van der Waals surface area contributed by atoms with E-state index in [1.807, 2.05) is 48.2 Å². The van der Waals surface area contributed by atoms with Gasteiger partial charge in [0, 0.05) is 43.2 Å². The molecule has 1 saturated heterocycles. The SMILES string of the molecule is Cc1nn(-c2ccccc2)c2c1[P@@](=O)(N1CCCC1)/C(=C1/N(C)c3ccccc3C1(C)C)C=N2. The number of likely N-dealkylation sites (N-methyl/N-ethyl adjacent to an activating group) is 1. The number of benzene rings is 2. The van der Waals surface area contributed by atoms with Crippen LogP contribution in [0.5, 0.6) is 0 Å². The van der Waals surface area contributed by atoms with Crippen LogP contribution in [0.2, 0.25) is 0 Å². The minimum Gasteiger partial charge on any atom is -0.346 e. The van der Waals surface area contributed by atoms with Crippen LogP contribution in [0.4, 0.5) is 11.5 Å². The summed E-state index contributed by atoms with van der Waals surface area (Å²) in [5, 5.41) is 6.50. The molecule has 174 valence electrons. The van der Waals surface area contributed by atoms with Gasteiger partial charge in [0.05, 0.1) is 22.0 Å². The van der Waals surface area contributed by atoms with Crippen molar-refractivity contribution in [3.05, 3.63) is 76.9 Å². The van der Waals surface area contributed by atoms with E-state index in [0.717, 1.165) is 53.6 Å². The van der Waals surface area contributed by atoms with Gasteiger partial charge in [-0.2, -0.15) is 5.10 Å². The molecule has 0 unspecified atom stereocenters. The van der Waals surface area contributed by atoms with Crippen LogP contribution in [0.25, 0.3) is 5.69 Å². The normalized spacial score (nSPS) is 25.6. The molecule has 7 heteroatoms. The van der Waals surface area contributed by atoms with Gasteiger partial charge in [0.25, 0.3) is 0 Å². The number of aliphatic imine (C=N–C) groups is 1. The first-order chi connectivity index (χ1) is 16.3. The molecule has 6 rings (SSSR count). The van der Waals surface area contributed by atoms with Gasteiger partial charge >= 0.3 is 0 Å². The Labute approximate surface area is 201 Å². The van der Waals surface area contributed by atoms with E-state index in [2.05, 4.69) is 54.7 Å². The Bertz CT molecular complexity index is 1400. The number of hydrogen-bond donors (Lipinski definition) is 0. The fraction of sp³-hybridized carbons (Fsp3) is 0.333. The van der Waals surface area contributed by atoms with Crippen LogP contribution in [0.3, 0.4) is 0 Å². The molecule has 0 spiro atoms. The van der Waals surface area contributed by atoms with Crippen LogP contribution in [-0.2, 0) is 9.98 Å². The lowest BCUT2D eigenvalue weighted by Gasteiger charge is -2.36. The molecule has 0 radical (unpaired) electrons. The quantitative estimate of drug-likeness (QED) is 0.461. The zero-order valence-corrected chi connectivity index (χ0v) is 21.1. The first-order valence-electron chi connectivity index (χ1n) is 12.0. The molecule has 34 heavy (non-hydrogen) atoms. The zero-order valence-electron chi connectivity index (χ0n) is 20.2. The number of aryl methyl sites for hydroxylation is 1. The lowest BCUT2D eigenvalue weighted by Crippen LogP contribution is -2.33. The fourth-order valence-electron chi connectivity index (χ4n) is 5.98. The molecule has 2 aromatic carbocycles. The minimum absolute atomic E-state index is 0.289. The number of para-hydroxylation sites is 2. The van der Waals surface area contributed by atoms with Gasteiger partial charge in [-0.25, -0.2) is 14.3 Å². The largest absolute Gasteiger partial charge is 0.346 e. The van der Waals surface area contributed by atoms with Crippen molar-refractivity contribution in [2.24, 2.45) is 4.99 Å². The Morgan fingerprint density at radius 1 is 0.971 bits per heavy atom. The molecule has 1 fully saturated rings. The summed E-state index contributed by atoms with van der Waals surface area (Å²) >= 11 is 0. The van der Waals surface area contributed by atoms with Gasteiger partial charge in [-0.15, -0.1) is 0 Å². The molecule has 3 aromatic rings. The number of aromatic nitrogens is 2. The van der Waals surface area contributed by atoms with Crippen molar-refractivity contribution < 1.29 is 4.57 Å². The lowest BCUT2D eigenvalue weighted by molar-refractivity contribution is 0.488. The van der Waals surface area contributed by atoms with Gasteiger partial charge < -0.3 is 4.90 Å². The van der Waals surface area contributed by atoms with Crippen LogP contribution >= 0.6 is 7.29 Å². The van der Waals surface area contributed by atoms with E-state index in [0.29, 0.717) is 5.82 Å². The monoisotopic (exact) mass is 471 g/mol. The Morgan fingerprint density at radius 2 is 1.65 bits per heavy atom. The van der Waals surface area contributed by atoms with Gasteiger partial charge in [-0.05, 0) is 43.5 Å². The number of allylic oxidation sites excluding steroid dienone is 2. The average Bonchev–Trinajstić information content (AvgIpc) is 3.54. The van der Waals surface area contributed by atoms with Crippen molar-refractivity contribution in [2.45, 2.75) is 39.0 Å². The van der Waals surface area contributed by atoms with Crippen molar-refractivity contribution in [3.8, 4) is 5.69 Å². The predicted molar refractivity (Wildman–Crippen MR) is 139 cm³/mol. The van der Waals surface area contributed by atoms with Crippen molar-refractivity contribution in [1.29, 1.82) is 0 Å². The van der Waals surface area contributed by atoms with E-state index in [1.165, 1.54) is 11.3 Å². The summed E-state index contributed by atoms with van der Waals surface area (Å²) in [7, 11) is -1.06. The highest BCUT2D eigenvalue weighted by Crippen LogP contribution is 2.64. The van der Waals surface area contributed by atoms with E-state index in [9.17, 15) is 0 Å². The standard InChI is InChI=1S/C27H30N5OP/c1-19-24-26(32(29-19)20-12-6-5-7-13-20)28-18-23(34(24,33)31-16-10-11-17-31)25-27(2,3)21-14-8-9-15-22(21)30(25)4/h5-9,12-15,18H,10-11,16-17H2,1-4H3/b25-23+/t34-/m1/s1. The van der Waals surface area contributed by atoms with Crippen molar-refractivity contribution in [3.63, 3.8) is 0 Å². The number of rotatable bonds is 2. The number of anilines is 1. The summed E-state index contributed by atoms with van der Waals surface area (Å²) in [6, 6.07) is 18.5. The second-order valence-electron chi connectivity index (χ2n) is 9.93.